The molecule has 0 N–H and O–H groups in total. The van der Waals surface area contributed by atoms with E-state index < -0.39 is 0 Å². The first-order valence-corrected chi connectivity index (χ1v) is 17.2. The van der Waals surface area contributed by atoms with Crippen LogP contribution in [0.1, 0.15) is 0 Å². The third-order valence-corrected chi connectivity index (χ3v) is 12.2. The second-order valence-electron chi connectivity index (χ2n) is 9.35. The Labute approximate surface area is 252 Å². The van der Waals surface area contributed by atoms with Crippen LogP contribution >= 0.6 is 68.8 Å². The molecule has 0 unspecified atom stereocenters. The van der Waals surface area contributed by atoms with E-state index in [1.165, 1.54) is 63.1 Å². The molecule has 0 radical (unpaired) electrons. The van der Waals surface area contributed by atoms with Crippen molar-refractivity contribution >= 4 is 111 Å². The third kappa shape index (κ3) is 3.58. The Hall–Kier alpha value is -3.38. The van der Waals surface area contributed by atoms with E-state index in [2.05, 4.69) is 92.3 Å². The molecule has 0 aliphatic heterocycles. The predicted octanol–water partition coefficient (Wildman–Crippen LogP) is 10.9. The molecule has 0 amide bonds. The summed E-state index contributed by atoms with van der Waals surface area (Å²) in [4.78, 5) is 4.90. The summed E-state index contributed by atoms with van der Waals surface area (Å²) in [6.45, 7) is 0. The summed E-state index contributed by atoms with van der Waals surface area (Å²) in [7, 11) is 0. The minimum Gasteiger partial charge on any atom is -0.172 e. The van der Waals surface area contributed by atoms with Crippen LogP contribution in [0.2, 0.25) is 0 Å². The molecule has 40 heavy (non-hydrogen) atoms. The van der Waals surface area contributed by atoms with E-state index in [1.54, 1.807) is 22.7 Å². The van der Waals surface area contributed by atoms with Crippen LogP contribution in [0.5, 0.6) is 0 Å². The van der Waals surface area contributed by atoms with Crippen LogP contribution in [0.25, 0.3) is 84.0 Å². The monoisotopic (exact) mass is 622 g/mol. The zero-order valence-corrected chi connectivity index (χ0v) is 25.2. The van der Waals surface area contributed by atoms with E-state index in [0.29, 0.717) is 0 Å². The Balaban J connectivity index is 1.14. The minimum atomic E-state index is 0.985. The van der Waals surface area contributed by atoms with Crippen molar-refractivity contribution in [2.75, 3.05) is 0 Å². The third-order valence-electron chi connectivity index (χ3n) is 7.09. The normalized spacial score (nSPS) is 12.0. The summed E-state index contributed by atoms with van der Waals surface area (Å²) in [5, 5.41) is 6.73. The van der Waals surface area contributed by atoms with Crippen molar-refractivity contribution < 1.29 is 0 Å². The second kappa shape index (κ2) is 9.07. The minimum absolute atomic E-state index is 0.985. The first-order chi connectivity index (χ1) is 19.8. The van der Waals surface area contributed by atoms with Crippen LogP contribution < -0.4 is 0 Å². The molecule has 4 nitrogen and oxygen atoms in total. The van der Waals surface area contributed by atoms with Gasteiger partial charge >= 0.3 is 0 Å². The number of fused-ring (bicyclic) bond motifs is 4. The standard InChI is InChI=1S/C30H14N4S6/c1-3-21(35-9-1)17-5-7-19(29-27(17)31-39-33-29)25-13-15-11-24-16(12-23(15)37-25)14-26(38-24)20-8-6-18(22-4-2-10-36-22)28-30(20)34-40-32-28/h1-14H. The van der Waals surface area contributed by atoms with Crippen LogP contribution in [0.15, 0.2) is 83.6 Å². The zero-order chi connectivity index (χ0) is 26.2. The highest BCUT2D eigenvalue weighted by atomic mass is 32.1. The molecular weight excluding hydrogens is 609 g/mol. The van der Waals surface area contributed by atoms with Crippen molar-refractivity contribution in [3.8, 4) is 41.8 Å². The lowest BCUT2D eigenvalue weighted by atomic mass is 10.0. The highest BCUT2D eigenvalue weighted by molar-refractivity contribution is 7.24. The van der Waals surface area contributed by atoms with Gasteiger partial charge in [0.05, 0.1) is 23.5 Å². The van der Waals surface area contributed by atoms with E-state index in [9.17, 15) is 0 Å². The van der Waals surface area contributed by atoms with Gasteiger partial charge in [-0.25, -0.2) is 0 Å². The van der Waals surface area contributed by atoms with Gasteiger partial charge in [-0.05, 0) is 57.9 Å². The van der Waals surface area contributed by atoms with Crippen molar-refractivity contribution in [3.05, 3.63) is 83.6 Å². The SMILES string of the molecule is c1csc(-c2ccc(-c3cc4cc5sc(-c6ccc(-c7cccs7)c7nsnc67)cc5cc4s3)c3nsnc23)c1. The quantitative estimate of drug-likeness (QED) is 0.196. The van der Waals surface area contributed by atoms with E-state index >= 15 is 0 Å². The first kappa shape index (κ1) is 23.3. The summed E-state index contributed by atoms with van der Waals surface area (Å²) < 4.78 is 21.3. The van der Waals surface area contributed by atoms with E-state index in [1.807, 2.05) is 22.7 Å². The van der Waals surface area contributed by atoms with Gasteiger partial charge in [0, 0.05) is 51.2 Å². The molecule has 0 spiro atoms. The highest BCUT2D eigenvalue weighted by Gasteiger charge is 2.18. The second-order valence-corrected chi connectivity index (χ2v) is 14.5. The molecule has 10 heteroatoms. The van der Waals surface area contributed by atoms with Gasteiger partial charge in [0.1, 0.15) is 22.1 Å². The van der Waals surface area contributed by atoms with Crippen molar-refractivity contribution in [3.63, 3.8) is 0 Å². The number of hydrogen-bond donors (Lipinski definition) is 0. The van der Waals surface area contributed by atoms with Crippen LogP contribution in [0, 0.1) is 0 Å². The van der Waals surface area contributed by atoms with E-state index in [-0.39, 0.29) is 0 Å². The Kier molecular flexibility index (Phi) is 5.29. The van der Waals surface area contributed by atoms with Gasteiger partial charge in [-0.15, -0.1) is 45.3 Å². The Morgan fingerprint density at radius 3 is 1.20 bits per heavy atom. The molecule has 0 bridgehead atoms. The lowest BCUT2D eigenvalue weighted by molar-refractivity contribution is 1.63. The van der Waals surface area contributed by atoms with Gasteiger partial charge < -0.3 is 0 Å². The van der Waals surface area contributed by atoms with Gasteiger partial charge in [0.25, 0.3) is 0 Å². The molecule has 0 saturated heterocycles. The molecule has 9 aromatic rings. The fraction of sp³-hybridized carbons (Fsp3) is 0. The summed E-state index contributed by atoms with van der Waals surface area (Å²) in [6, 6.07) is 26.5. The topological polar surface area (TPSA) is 51.6 Å². The van der Waals surface area contributed by atoms with E-state index in [0.717, 1.165) is 44.3 Å². The summed E-state index contributed by atoms with van der Waals surface area (Å²) in [5.74, 6) is 0. The van der Waals surface area contributed by atoms with Crippen molar-refractivity contribution in [2.45, 2.75) is 0 Å². The largest absolute Gasteiger partial charge is 0.172 e. The van der Waals surface area contributed by atoms with Crippen LogP contribution in [0.3, 0.4) is 0 Å². The Morgan fingerprint density at radius 2 is 0.825 bits per heavy atom. The fourth-order valence-electron chi connectivity index (χ4n) is 5.23. The zero-order valence-electron chi connectivity index (χ0n) is 20.3. The smallest absolute Gasteiger partial charge is 0.114 e. The van der Waals surface area contributed by atoms with Gasteiger partial charge in [-0.1, -0.05) is 36.4 Å². The van der Waals surface area contributed by atoms with Crippen molar-refractivity contribution in [1.82, 2.24) is 17.5 Å². The molecule has 0 fully saturated rings. The number of nitrogens with zero attached hydrogens (tertiary/aromatic N) is 4. The number of benzene rings is 3. The fourth-order valence-corrected chi connectivity index (χ4v) is 10.1. The Morgan fingerprint density at radius 1 is 0.425 bits per heavy atom. The molecule has 6 aromatic heterocycles. The molecule has 190 valence electrons. The average Bonchev–Trinajstić information content (AvgIpc) is 3.82. The molecule has 3 aromatic carbocycles. The first-order valence-electron chi connectivity index (χ1n) is 12.4. The number of aromatic nitrogens is 4. The summed E-state index contributed by atoms with van der Waals surface area (Å²) >= 11 is 9.69. The molecule has 6 heterocycles. The Bertz CT molecular complexity index is 2120. The molecule has 0 saturated carbocycles. The molecule has 9 rings (SSSR count). The highest BCUT2D eigenvalue weighted by Crippen LogP contribution is 2.44. The molecule has 0 aliphatic rings. The summed E-state index contributed by atoms with van der Waals surface area (Å²) in [5.41, 5.74) is 8.56. The summed E-state index contributed by atoms with van der Waals surface area (Å²) in [6.07, 6.45) is 0. The predicted molar refractivity (Wildman–Crippen MR) is 177 cm³/mol. The number of rotatable bonds is 4. The van der Waals surface area contributed by atoms with Crippen LogP contribution in [-0.4, -0.2) is 17.5 Å². The number of hydrogen-bond acceptors (Lipinski definition) is 10. The van der Waals surface area contributed by atoms with Gasteiger partial charge in [0.2, 0.25) is 0 Å². The van der Waals surface area contributed by atoms with Crippen LogP contribution in [0.4, 0.5) is 0 Å². The average molecular weight is 623 g/mol. The maximum Gasteiger partial charge on any atom is 0.114 e. The maximum absolute atomic E-state index is 4.70. The van der Waals surface area contributed by atoms with E-state index in [4.69, 9.17) is 8.75 Å². The number of thiophene rings is 4. The van der Waals surface area contributed by atoms with Gasteiger partial charge in [-0.3, -0.25) is 0 Å². The molecular formula is C30H14N4S6. The van der Waals surface area contributed by atoms with Crippen molar-refractivity contribution in [1.29, 1.82) is 0 Å². The van der Waals surface area contributed by atoms with Gasteiger partial charge in [0.15, 0.2) is 0 Å². The maximum atomic E-state index is 4.70. The lowest BCUT2D eigenvalue weighted by Crippen LogP contribution is -1.81. The lowest BCUT2D eigenvalue weighted by Gasteiger charge is -2.03. The molecule has 0 atom stereocenters. The van der Waals surface area contributed by atoms with Crippen LogP contribution in [-0.2, 0) is 0 Å². The molecule has 0 aliphatic carbocycles. The van der Waals surface area contributed by atoms with Gasteiger partial charge in [-0.2, -0.15) is 17.5 Å². The van der Waals surface area contributed by atoms with Crippen molar-refractivity contribution in [2.24, 2.45) is 0 Å².